The number of hydrogen-bond acceptors (Lipinski definition) is 4. The Morgan fingerprint density at radius 1 is 0.421 bits per heavy atom. The first kappa shape index (κ1) is 26.9. The highest BCUT2D eigenvalue weighted by atomic mass is 16.3. The summed E-state index contributed by atoms with van der Waals surface area (Å²) in [6.07, 6.45) is 0. The van der Waals surface area contributed by atoms with Crippen LogP contribution < -0.4 is 0 Å². The maximum absolute atomic E-state index is 9.00. The Bertz CT molecular complexity index is 3790. The summed E-state index contributed by atoms with van der Waals surface area (Å²) in [5.74, 6) is 1.34. The molecule has 0 aliphatic rings. The molecule has 0 unspecified atom stereocenters. The number of rotatable bonds is 5. The summed E-state index contributed by atoms with van der Waals surface area (Å²) in [5.41, 5.74) is 8.38. The Balaban J connectivity index is 1.13. The molecule has 0 saturated carbocycles. The third-order valence-corrected chi connectivity index (χ3v) is 10.9. The second-order valence-electron chi connectivity index (χ2n) is 14.1. The van der Waals surface area contributed by atoms with Crippen molar-refractivity contribution in [3.8, 4) is 45.5 Å². The first-order valence-corrected chi connectivity index (χ1v) is 18.7. The lowest BCUT2D eigenvalue weighted by Gasteiger charge is -2.11. The number of fused-ring (bicyclic) bond motifs is 9. The number of furan rings is 1. The first-order valence-electron chi connectivity index (χ1n) is 21.2. The second kappa shape index (κ2) is 12.3. The molecule has 0 spiro atoms. The number of para-hydroxylation sites is 3. The Morgan fingerprint density at radius 3 is 1.79 bits per heavy atom. The summed E-state index contributed by atoms with van der Waals surface area (Å²) in [6, 6.07) is 50.5. The number of hydrogen-bond donors (Lipinski definition) is 0. The zero-order chi connectivity index (χ0) is 41.8. The van der Waals surface area contributed by atoms with E-state index in [2.05, 4.69) is 36.4 Å². The monoisotopic (exact) mass is 734 g/mol. The summed E-state index contributed by atoms with van der Waals surface area (Å²) < 4.78 is 53.7. The molecule has 0 saturated heterocycles. The van der Waals surface area contributed by atoms with Crippen LogP contribution in [-0.4, -0.2) is 24.1 Å². The van der Waals surface area contributed by atoms with Gasteiger partial charge in [-0.15, -0.1) is 0 Å². The van der Waals surface area contributed by atoms with Crippen molar-refractivity contribution < 1.29 is 11.3 Å². The van der Waals surface area contributed by atoms with Gasteiger partial charge in [-0.3, -0.25) is 4.57 Å². The van der Waals surface area contributed by atoms with E-state index in [4.69, 9.17) is 26.2 Å². The largest absolute Gasteiger partial charge is 0.456 e. The van der Waals surface area contributed by atoms with Crippen LogP contribution in [0.5, 0.6) is 0 Å². The number of aromatic nitrogens is 5. The van der Waals surface area contributed by atoms with Gasteiger partial charge in [0.15, 0.2) is 11.6 Å². The van der Waals surface area contributed by atoms with Crippen molar-refractivity contribution in [2.75, 3.05) is 0 Å². The standard InChI is InChI=1S/C51H31N5O/c1-4-15-32(16-5-1)36-23-14-26-46-48(36)39-28-27-34(29-47(39)57-46)50-52-49(33-17-6-2-7-18-33)53-51(54-50)56-43-25-13-11-22-38(43)41-30-40-37-21-10-12-24-42(37)55(44(40)31-45(41)56)35-19-8-3-9-20-35/h1-31H/i3D,8D,9D,19D,20D. The predicted octanol–water partition coefficient (Wildman–Crippen LogP) is 13.0. The highest BCUT2D eigenvalue weighted by molar-refractivity contribution is 6.19. The smallest absolute Gasteiger partial charge is 0.238 e. The molecule has 0 bridgehead atoms. The van der Waals surface area contributed by atoms with Gasteiger partial charge in [0.1, 0.15) is 11.2 Å². The fourth-order valence-electron chi connectivity index (χ4n) is 8.38. The van der Waals surface area contributed by atoms with E-state index in [0.717, 1.165) is 76.7 Å². The third-order valence-electron chi connectivity index (χ3n) is 10.9. The quantitative estimate of drug-likeness (QED) is 0.177. The van der Waals surface area contributed by atoms with E-state index in [1.807, 2.05) is 126 Å². The SMILES string of the molecule is [2H]c1c([2H])c([2H])c(-n2c3ccccc3c3cc4c5ccccc5n(-c5nc(-c6ccccc6)nc(-c6ccc7c(c6)oc6cccc(-c8ccccc8)c67)n5)c4cc32)c([2H])c1[2H]. The minimum Gasteiger partial charge on any atom is -0.456 e. The van der Waals surface area contributed by atoms with Crippen molar-refractivity contribution in [1.82, 2.24) is 24.1 Å². The van der Waals surface area contributed by atoms with E-state index in [1.54, 1.807) is 4.57 Å². The van der Waals surface area contributed by atoms with E-state index < -0.39 is 18.1 Å². The molecule has 0 aliphatic heterocycles. The molecule has 0 amide bonds. The molecule has 0 radical (unpaired) electrons. The molecule has 6 heteroatoms. The minimum absolute atomic E-state index is 0.0786. The fourth-order valence-corrected chi connectivity index (χ4v) is 8.38. The van der Waals surface area contributed by atoms with Gasteiger partial charge in [0.25, 0.3) is 0 Å². The van der Waals surface area contributed by atoms with E-state index >= 15 is 0 Å². The molecule has 4 aromatic heterocycles. The summed E-state index contributed by atoms with van der Waals surface area (Å²) in [4.78, 5) is 15.5. The summed E-state index contributed by atoms with van der Waals surface area (Å²) in [5, 5.41) is 5.71. The minimum atomic E-state index is -0.441. The van der Waals surface area contributed by atoms with E-state index in [-0.39, 0.29) is 17.8 Å². The molecule has 57 heavy (non-hydrogen) atoms. The van der Waals surface area contributed by atoms with Crippen LogP contribution in [0.25, 0.3) is 111 Å². The van der Waals surface area contributed by atoms with Crippen molar-refractivity contribution in [2.45, 2.75) is 0 Å². The van der Waals surface area contributed by atoms with Crippen LogP contribution in [0, 0.1) is 0 Å². The fraction of sp³-hybridized carbons (Fsp3) is 0. The van der Waals surface area contributed by atoms with Crippen molar-refractivity contribution in [2.24, 2.45) is 0 Å². The van der Waals surface area contributed by atoms with Gasteiger partial charge < -0.3 is 8.98 Å². The third kappa shape index (κ3) is 4.87. The zero-order valence-corrected chi connectivity index (χ0v) is 30.2. The molecule has 0 atom stereocenters. The lowest BCUT2D eigenvalue weighted by Crippen LogP contribution is -2.06. The summed E-state index contributed by atoms with van der Waals surface area (Å²) in [6.45, 7) is 0. The molecule has 12 aromatic rings. The number of benzene rings is 8. The molecule has 4 heterocycles. The van der Waals surface area contributed by atoms with Gasteiger partial charge in [0.2, 0.25) is 5.95 Å². The van der Waals surface area contributed by atoms with Gasteiger partial charge in [-0.1, -0.05) is 133 Å². The van der Waals surface area contributed by atoms with Gasteiger partial charge in [-0.2, -0.15) is 9.97 Å². The van der Waals surface area contributed by atoms with Crippen molar-refractivity contribution in [3.05, 3.63) is 188 Å². The van der Waals surface area contributed by atoms with Crippen molar-refractivity contribution in [1.29, 1.82) is 0 Å². The predicted molar refractivity (Wildman–Crippen MR) is 232 cm³/mol. The number of nitrogens with zero attached hydrogens (tertiary/aromatic N) is 5. The molecular weight excluding hydrogens is 699 g/mol. The normalized spacial score (nSPS) is 13.1. The van der Waals surface area contributed by atoms with E-state index in [9.17, 15) is 0 Å². The molecule has 8 aromatic carbocycles. The Kier molecular flexibility index (Phi) is 5.82. The van der Waals surface area contributed by atoms with Gasteiger partial charge in [-0.05, 0) is 65.7 Å². The summed E-state index contributed by atoms with van der Waals surface area (Å²) >= 11 is 0. The van der Waals surface area contributed by atoms with Crippen molar-refractivity contribution >= 4 is 65.6 Å². The van der Waals surface area contributed by atoms with Crippen LogP contribution in [0.2, 0.25) is 0 Å². The Labute approximate surface area is 333 Å². The first-order chi connectivity index (χ1) is 30.3. The van der Waals surface area contributed by atoms with Crippen LogP contribution in [0.3, 0.4) is 0 Å². The molecule has 6 nitrogen and oxygen atoms in total. The van der Waals surface area contributed by atoms with E-state index in [0.29, 0.717) is 28.7 Å². The lowest BCUT2D eigenvalue weighted by molar-refractivity contribution is 0.669. The maximum atomic E-state index is 9.00. The molecule has 0 aliphatic carbocycles. The Morgan fingerprint density at radius 2 is 1.05 bits per heavy atom. The highest BCUT2D eigenvalue weighted by Gasteiger charge is 2.22. The zero-order valence-electron chi connectivity index (χ0n) is 35.2. The van der Waals surface area contributed by atoms with E-state index in [1.165, 1.54) is 0 Å². The average Bonchev–Trinajstić information content (AvgIpc) is 3.97. The van der Waals surface area contributed by atoms with Crippen LogP contribution in [0.15, 0.2) is 192 Å². The van der Waals surface area contributed by atoms with Crippen LogP contribution in [-0.2, 0) is 0 Å². The molecule has 266 valence electrons. The molecule has 12 rings (SSSR count). The van der Waals surface area contributed by atoms with Gasteiger partial charge in [0.05, 0.1) is 28.9 Å². The van der Waals surface area contributed by atoms with Gasteiger partial charge in [0, 0.05) is 49.1 Å². The molecule has 0 N–H and O–H groups in total. The van der Waals surface area contributed by atoms with Crippen LogP contribution >= 0.6 is 0 Å². The lowest BCUT2D eigenvalue weighted by atomic mass is 9.99. The van der Waals surface area contributed by atoms with Gasteiger partial charge in [-0.25, -0.2) is 4.98 Å². The van der Waals surface area contributed by atoms with Crippen molar-refractivity contribution in [3.63, 3.8) is 0 Å². The van der Waals surface area contributed by atoms with Crippen LogP contribution in [0.4, 0.5) is 0 Å². The van der Waals surface area contributed by atoms with Crippen LogP contribution in [0.1, 0.15) is 6.85 Å². The average molecular weight is 735 g/mol. The topological polar surface area (TPSA) is 61.7 Å². The Hall–Kier alpha value is -7.83. The highest BCUT2D eigenvalue weighted by Crippen LogP contribution is 2.41. The summed E-state index contributed by atoms with van der Waals surface area (Å²) in [7, 11) is 0. The maximum Gasteiger partial charge on any atom is 0.238 e. The second-order valence-corrected chi connectivity index (χ2v) is 14.1. The molecular formula is C51H31N5O. The van der Waals surface area contributed by atoms with Gasteiger partial charge >= 0.3 is 0 Å². The molecule has 0 fully saturated rings.